The molecule has 10 heteroatoms. The third-order valence-corrected chi connectivity index (χ3v) is 9.52. The van der Waals surface area contributed by atoms with Gasteiger partial charge in [0.2, 0.25) is 5.91 Å². The van der Waals surface area contributed by atoms with E-state index in [0.29, 0.717) is 24.5 Å². The van der Waals surface area contributed by atoms with Crippen molar-refractivity contribution in [3.63, 3.8) is 0 Å². The molecule has 1 aliphatic heterocycles. The van der Waals surface area contributed by atoms with E-state index in [-0.39, 0.29) is 29.5 Å². The molecule has 3 atom stereocenters. The molecule has 1 heterocycles. The first-order valence-electron chi connectivity index (χ1n) is 15.2. The highest BCUT2D eigenvalue weighted by Gasteiger charge is 2.49. The zero-order chi connectivity index (χ0) is 32.7. The van der Waals surface area contributed by atoms with Crippen LogP contribution >= 0.6 is 11.8 Å². The highest BCUT2D eigenvalue weighted by Crippen LogP contribution is 2.40. The molecule has 1 saturated heterocycles. The van der Waals surface area contributed by atoms with E-state index in [0.717, 1.165) is 23.1 Å². The number of aliphatic hydroxyl groups excluding tert-OH is 1. The number of phenols is 1. The molecular weight excluding hydrogens is 590 g/mol. The first-order valence-corrected chi connectivity index (χ1v) is 16.2. The van der Waals surface area contributed by atoms with Gasteiger partial charge >= 0.3 is 0 Å². The zero-order valence-corrected chi connectivity index (χ0v) is 27.3. The summed E-state index contributed by atoms with van der Waals surface area (Å²) in [7, 11) is 0. The number of phenolic OH excluding ortho intramolecular Hbond substituents is 1. The van der Waals surface area contributed by atoms with Crippen LogP contribution < -0.4 is 15.4 Å². The second-order valence-corrected chi connectivity index (χ2v) is 13.5. The van der Waals surface area contributed by atoms with E-state index < -0.39 is 34.7 Å². The number of amides is 3. The van der Waals surface area contributed by atoms with Gasteiger partial charge in [0.25, 0.3) is 11.8 Å². The number of carbonyl (C=O) groups is 3. The molecule has 0 spiro atoms. The molecule has 240 valence electrons. The zero-order valence-electron chi connectivity index (χ0n) is 26.5. The number of ether oxygens (including phenoxy) is 1. The van der Waals surface area contributed by atoms with Crippen molar-refractivity contribution in [1.82, 2.24) is 15.5 Å². The number of nitrogens with zero attached hydrogens (tertiary/aromatic N) is 1. The Morgan fingerprint density at radius 2 is 1.76 bits per heavy atom. The Morgan fingerprint density at radius 1 is 1.04 bits per heavy atom. The lowest BCUT2D eigenvalue weighted by molar-refractivity contribution is -0.147. The van der Waals surface area contributed by atoms with Crippen molar-refractivity contribution in [3.05, 3.63) is 94.5 Å². The molecular formula is C35H43N3O6S. The van der Waals surface area contributed by atoms with Crippen LogP contribution in [0.3, 0.4) is 0 Å². The fraction of sp³-hybridized carbons (Fsp3) is 0.400. The number of thioether (sulfide) groups is 1. The first kappa shape index (κ1) is 33.9. The van der Waals surface area contributed by atoms with Gasteiger partial charge in [0, 0.05) is 22.4 Å². The lowest BCUT2D eigenvalue weighted by Crippen LogP contribution is -2.58. The van der Waals surface area contributed by atoms with Gasteiger partial charge in [-0.1, -0.05) is 49.4 Å². The molecule has 0 aromatic heterocycles. The highest BCUT2D eigenvalue weighted by atomic mass is 32.2. The van der Waals surface area contributed by atoms with Gasteiger partial charge in [0.05, 0.1) is 18.5 Å². The summed E-state index contributed by atoms with van der Waals surface area (Å²) in [6.07, 6.45) is -0.641. The molecule has 4 rings (SSSR count). The number of nitrogens with one attached hydrogen (secondary N) is 2. The number of benzene rings is 3. The van der Waals surface area contributed by atoms with Gasteiger partial charge in [0.1, 0.15) is 17.5 Å². The Morgan fingerprint density at radius 3 is 2.44 bits per heavy atom. The molecule has 3 amide bonds. The average Bonchev–Trinajstić information content (AvgIpc) is 3.35. The Kier molecular flexibility index (Phi) is 11.2. The monoisotopic (exact) mass is 633 g/mol. The van der Waals surface area contributed by atoms with Crippen molar-refractivity contribution in [3.8, 4) is 11.5 Å². The Labute approximate surface area is 269 Å². The number of aryl methyl sites for hydroxylation is 1. The predicted molar refractivity (Wildman–Crippen MR) is 176 cm³/mol. The summed E-state index contributed by atoms with van der Waals surface area (Å²) in [6, 6.07) is 17.8. The van der Waals surface area contributed by atoms with E-state index in [4.69, 9.17) is 4.74 Å². The minimum atomic E-state index is -1.65. The standard InChI is InChI=1S/C35H43N3O6S/c1-6-18-44-26-16-14-24(15-17-26)19-28(37-32(41)27-12-9-13-29(39)23(27)3)30(40)34(43)38-21-45-35(4,5)31(38)33(42)36-20-25-11-8-7-10-22(25)2/h7-17,28,30-31,39-40H,6,18-21H2,1-5H3,(H,36,42)(H,37,41)/t28-,30-,31?/m0/s1. The molecule has 1 fully saturated rings. The molecule has 1 unspecified atom stereocenters. The van der Waals surface area contributed by atoms with Crippen LogP contribution in [0.5, 0.6) is 11.5 Å². The maximum atomic E-state index is 14.0. The Bertz CT molecular complexity index is 1510. The number of carbonyl (C=O) groups excluding carboxylic acids is 3. The second-order valence-electron chi connectivity index (χ2n) is 11.9. The fourth-order valence-electron chi connectivity index (χ4n) is 5.40. The maximum Gasteiger partial charge on any atom is 0.254 e. The topological polar surface area (TPSA) is 128 Å². The molecule has 9 nitrogen and oxygen atoms in total. The Balaban J connectivity index is 1.57. The molecule has 0 radical (unpaired) electrons. The first-order chi connectivity index (χ1) is 21.4. The highest BCUT2D eigenvalue weighted by molar-refractivity contribution is 8.00. The van der Waals surface area contributed by atoms with Gasteiger partial charge in [-0.3, -0.25) is 14.4 Å². The van der Waals surface area contributed by atoms with Crippen molar-refractivity contribution < 1.29 is 29.3 Å². The van der Waals surface area contributed by atoms with Crippen LogP contribution in [0, 0.1) is 13.8 Å². The second kappa shape index (κ2) is 14.8. The summed E-state index contributed by atoms with van der Waals surface area (Å²) in [6.45, 7) is 10.3. The van der Waals surface area contributed by atoms with E-state index in [2.05, 4.69) is 10.6 Å². The third kappa shape index (κ3) is 8.18. The van der Waals surface area contributed by atoms with Crippen LogP contribution in [0.4, 0.5) is 0 Å². The lowest BCUT2D eigenvalue weighted by Gasteiger charge is -2.33. The maximum absolute atomic E-state index is 14.0. The summed E-state index contributed by atoms with van der Waals surface area (Å²) in [5.74, 6) is -0.621. The molecule has 3 aromatic carbocycles. The summed E-state index contributed by atoms with van der Waals surface area (Å²) >= 11 is 1.46. The summed E-state index contributed by atoms with van der Waals surface area (Å²) in [5, 5.41) is 27.6. The van der Waals surface area contributed by atoms with Gasteiger partial charge in [-0.05, 0) is 81.5 Å². The number of hydrogen-bond donors (Lipinski definition) is 4. The van der Waals surface area contributed by atoms with Crippen molar-refractivity contribution in [2.24, 2.45) is 0 Å². The van der Waals surface area contributed by atoms with Gasteiger partial charge in [-0.2, -0.15) is 0 Å². The average molecular weight is 634 g/mol. The minimum absolute atomic E-state index is 0.0330. The largest absolute Gasteiger partial charge is 0.508 e. The van der Waals surface area contributed by atoms with E-state index in [1.54, 1.807) is 19.1 Å². The number of aliphatic hydroxyl groups is 1. The quantitative estimate of drug-likeness (QED) is 0.231. The summed E-state index contributed by atoms with van der Waals surface area (Å²) in [4.78, 5) is 42.4. The fourth-order valence-corrected chi connectivity index (χ4v) is 6.54. The van der Waals surface area contributed by atoms with Crippen LogP contribution in [0.25, 0.3) is 0 Å². The number of aromatic hydroxyl groups is 1. The van der Waals surface area contributed by atoms with Gasteiger partial charge in [-0.25, -0.2) is 0 Å². The van der Waals surface area contributed by atoms with Crippen molar-refractivity contribution in [2.45, 2.75) is 76.9 Å². The van der Waals surface area contributed by atoms with Crippen molar-refractivity contribution in [1.29, 1.82) is 0 Å². The molecule has 0 bridgehead atoms. The molecule has 4 N–H and O–H groups in total. The van der Waals surface area contributed by atoms with Gasteiger partial charge < -0.3 is 30.5 Å². The van der Waals surface area contributed by atoms with Gasteiger partial charge in [0.15, 0.2) is 6.10 Å². The number of rotatable bonds is 12. The van der Waals surface area contributed by atoms with Crippen LogP contribution in [0.1, 0.15) is 59.8 Å². The normalized spacial score (nSPS) is 16.9. The molecule has 45 heavy (non-hydrogen) atoms. The van der Waals surface area contributed by atoms with Gasteiger partial charge in [-0.15, -0.1) is 11.8 Å². The minimum Gasteiger partial charge on any atom is -0.508 e. The van der Waals surface area contributed by atoms with Crippen LogP contribution in [0.15, 0.2) is 66.7 Å². The predicted octanol–water partition coefficient (Wildman–Crippen LogP) is 4.50. The van der Waals surface area contributed by atoms with E-state index in [9.17, 15) is 24.6 Å². The Hall–Kier alpha value is -4.02. The summed E-state index contributed by atoms with van der Waals surface area (Å²) < 4.78 is 5.07. The van der Waals surface area contributed by atoms with E-state index >= 15 is 0 Å². The van der Waals surface area contributed by atoms with E-state index in [1.807, 2.05) is 76.2 Å². The van der Waals surface area contributed by atoms with Crippen LogP contribution in [0.2, 0.25) is 0 Å². The smallest absolute Gasteiger partial charge is 0.254 e. The molecule has 3 aromatic rings. The number of hydrogen-bond acceptors (Lipinski definition) is 7. The van der Waals surface area contributed by atoms with Crippen molar-refractivity contribution in [2.75, 3.05) is 12.5 Å². The third-order valence-electron chi connectivity index (χ3n) is 8.14. The van der Waals surface area contributed by atoms with Crippen molar-refractivity contribution >= 4 is 29.5 Å². The van der Waals surface area contributed by atoms with Crippen LogP contribution in [-0.2, 0) is 22.6 Å². The molecule has 0 saturated carbocycles. The molecule has 1 aliphatic rings. The molecule has 0 aliphatic carbocycles. The summed E-state index contributed by atoms with van der Waals surface area (Å²) in [5.41, 5.74) is 3.41. The van der Waals surface area contributed by atoms with E-state index in [1.165, 1.54) is 22.7 Å². The SMILES string of the molecule is CCCOc1ccc(C[C@H](NC(=O)c2cccc(O)c2C)[C@H](O)C(=O)N2CSC(C)(C)C2C(=O)NCc2ccccc2C)cc1. The van der Waals surface area contributed by atoms with Crippen LogP contribution in [-0.4, -0.2) is 68.3 Å². The lowest BCUT2D eigenvalue weighted by atomic mass is 9.96.